The normalized spacial score (nSPS) is 15.1. The van der Waals surface area contributed by atoms with E-state index in [1.54, 1.807) is 7.11 Å². The Morgan fingerprint density at radius 1 is 1.00 bits per heavy atom. The number of rotatable bonds is 4. The van der Waals surface area contributed by atoms with Gasteiger partial charge in [-0.05, 0) is 30.7 Å². The maximum absolute atomic E-state index is 5.54. The third kappa shape index (κ3) is 3.37. The average molecular weight is 369 g/mol. The summed E-state index contributed by atoms with van der Waals surface area (Å²) in [6, 6.07) is 24.3. The summed E-state index contributed by atoms with van der Waals surface area (Å²) in [7, 11) is 1.68. The van der Waals surface area contributed by atoms with Gasteiger partial charge in [0.2, 0.25) is 0 Å². The molecule has 0 saturated heterocycles. The van der Waals surface area contributed by atoms with Crippen LogP contribution in [-0.2, 0) is 0 Å². The highest BCUT2D eigenvalue weighted by Gasteiger charge is 2.24. The molecule has 2 N–H and O–H groups in total. The second kappa shape index (κ2) is 7.61. The van der Waals surface area contributed by atoms with E-state index in [4.69, 9.17) is 9.73 Å². The number of hydrogen-bond donors (Lipinski definition) is 2. The van der Waals surface area contributed by atoms with Gasteiger partial charge in [0.1, 0.15) is 11.6 Å². The van der Waals surface area contributed by atoms with E-state index in [9.17, 15) is 0 Å². The number of nitrogens with one attached hydrogen (secondary N) is 2. The van der Waals surface area contributed by atoms with E-state index in [1.807, 2.05) is 48.5 Å². The van der Waals surface area contributed by atoms with E-state index in [0.717, 1.165) is 39.7 Å². The zero-order valence-corrected chi connectivity index (χ0v) is 16.1. The van der Waals surface area contributed by atoms with Crippen molar-refractivity contribution < 1.29 is 4.74 Å². The fraction of sp³-hybridized carbons (Fsp3) is 0.125. The zero-order chi connectivity index (χ0) is 19.5. The summed E-state index contributed by atoms with van der Waals surface area (Å²) in [6.45, 7) is 6.33. The van der Waals surface area contributed by atoms with Crippen LogP contribution in [0.15, 0.2) is 84.4 Å². The van der Waals surface area contributed by atoms with Crippen LogP contribution in [0.3, 0.4) is 0 Å². The Bertz CT molecular complexity index is 1050. The van der Waals surface area contributed by atoms with E-state index in [2.05, 4.69) is 48.4 Å². The molecule has 1 aliphatic rings. The molecule has 1 heterocycles. The summed E-state index contributed by atoms with van der Waals surface area (Å²) >= 11 is 0. The predicted molar refractivity (Wildman–Crippen MR) is 116 cm³/mol. The number of anilines is 1. The lowest BCUT2D eigenvalue weighted by Crippen LogP contribution is -2.30. The van der Waals surface area contributed by atoms with Crippen LogP contribution in [0.1, 0.15) is 28.4 Å². The molecule has 4 nitrogen and oxygen atoms in total. The van der Waals surface area contributed by atoms with Crippen molar-refractivity contribution in [3.8, 4) is 5.75 Å². The van der Waals surface area contributed by atoms with E-state index in [1.165, 1.54) is 5.56 Å². The number of para-hydroxylation sites is 2. The molecule has 3 aromatic carbocycles. The minimum Gasteiger partial charge on any atom is -0.496 e. The number of amidine groups is 1. The molecule has 4 rings (SSSR count). The van der Waals surface area contributed by atoms with Crippen molar-refractivity contribution in [1.29, 1.82) is 0 Å². The fourth-order valence-electron chi connectivity index (χ4n) is 3.45. The number of ether oxygens (including phenoxy) is 1. The summed E-state index contributed by atoms with van der Waals surface area (Å²) in [5.74, 6) is 1.60. The highest BCUT2D eigenvalue weighted by molar-refractivity contribution is 6.08. The lowest BCUT2D eigenvalue weighted by Gasteiger charge is -2.27. The molecule has 4 heteroatoms. The van der Waals surface area contributed by atoms with E-state index >= 15 is 0 Å². The van der Waals surface area contributed by atoms with Gasteiger partial charge in [-0.1, -0.05) is 61.2 Å². The lowest BCUT2D eigenvalue weighted by molar-refractivity contribution is 0.407. The molecule has 0 aliphatic carbocycles. The van der Waals surface area contributed by atoms with Crippen LogP contribution in [0.25, 0.3) is 5.70 Å². The highest BCUT2D eigenvalue weighted by atomic mass is 16.5. The average Bonchev–Trinajstić information content (AvgIpc) is 2.74. The van der Waals surface area contributed by atoms with Crippen LogP contribution in [-0.4, -0.2) is 12.9 Å². The van der Waals surface area contributed by atoms with Gasteiger partial charge in [0, 0.05) is 28.1 Å². The second-order valence-electron chi connectivity index (χ2n) is 6.73. The van der Waals surface area contributed by atoms with Gasteiger partial charge in [-0.2, -0.15) is 0 Å². The van der Waals surface area contributed by atoms with Crippen molar-refractivity contribution in [1.82, 2.24) is 5.32 Å². The summed E-state index contributed by atoms with van der Waals surface area (Å²) in [4.78, 5) is 4.95. The van der Waals surface area contributed by atoms with Gasteiger partial charge < -0.3 is 15.4 Å². The molecule has 0 fully saturated rings. The number of nitrogens with zero attached hydrogens (tertiary/aromatic N) is 1. The van der Waals surface area contributed by atoms with Crippen molar-refractivity contribution in [2.24, 2.45) is 4.99 Å². The Balaban J connectivity index is 1.73. The molecule has 0 radical (unpaired) electrons. The smallest absolute Gasteiger partial charge is 0.150 e. The Morgan fingerprint density at radius 2 is 1.71 bits per heavy atom. The maximum Gasteiger partial charge on any atom is 0.150 e. The topological polar surface area (TPSA) is 45.7 Å². The lowest BCUT2D eigenvalue weighted by atomic mass is 10.0. The molecule has 0 bridgehead atoms. The molecule has 0 aromatic heterocycles. The minimum atomic E-state index is -0.252. The molecule has 28 heavy (non-hydrogen) atoms. The van der Waals surface area contributed by atoms with Gasteiger partial charge in [0.15, 0.2) is 6.17 Å². The van der Waals surface area contributed by atoms with E-state index in [-0.39, 0.29) is 6.17 Å². The molecule has 0 saturated carbocycles. The van der Waals surface area contributed by atoms with Gasteiger partial charge in [-0.15, -0.1) is 0 Å². The van der Waals surface area contributed by atoms with E-state index < -0.39 is 0 Å². The number of fused-ring (bicyclic) bond motifs is 1. The quantitative estimate of drug-likeness (QED) is 0.670. The summed E-state index contributed by atoms with van der Waals surface area (Å²) < 4.78 is 5.54. The van der Waals surface area contributed by atoms with Crippen molar-refractivity contribution >= 4 is 17.2 Å². The van der Waals surface area contributed by atoms with Crippen molar-refractivity contribution in [2.75, 3.05) is 12.4 Å². The van der Waals surface area contributed by atoms with Crippen molar-refractivity contribution in [2.45, 2.75) is 13.1 Å². The summed E-state index contributed by atoms with van der Waals surface area (Å²) in [5, 5.41) is 6.95. The third-order valence-corrected chi connectivity index (χ3v) is 4.91. The van der Waals surface area contributed by atoms with Crippen molar-refractivity contribution in [3.63, 3.8) is 0 Å². The molecular formula is C24H23N3O. The van der Waals surface area contributed by atoms with Crippen LogP contribution in [0.5, 0.6) is 5.75 Å². The molecule has 0 amide bonds. The van der Waals surface area contributed by atoms with Gasteiger partial charge in [0.25, 0.3) is 0 Å². The van der Waals surface area contributed by atoms with Crippen molar-refractivity contribution in [3.05, 3.63) is 102 Å². The van der Waals surface area contributed by atoms with Crippen LogP contribution >= 0.6 is 0 Å². The Labute approximate surface area is 165 Å². The first-order valence-corrected chi connectivity index (χ1v) is 9.26. The highest BCUT2D eigenvalue weighted by Crippen LogP contribution is 2.34. The third-order valence-electron chi connectivity index (χ3n) is 4.91. The Morgan fingerprint density at radius 3 is 2.54 bits per heavy atom. The molecule has 1 atom stereocenters. The molecule has 3 aromatic rings. The van der Waals surface area contributed by atoms with Crippen LogP contribution in [0.2, 0.25) is 0 Å². The minimum absolute atomic E-state index is 0.252. The van der Waals surface area contributed by atoms with Gasteiger partial charge in [0.05, 0.1) is 7.11 Å². The zero-order valence-electron chi connectivity index (χ0n) is 16.1. The fourth-order valence-corrected chi connectivity index (χ4v) is 3.45. The molecule has 0 spiro atoms. The number of aryl methyl sites for hydroxylation is 1. The van der Waals surface area contributed by atoms with E-state index in [0.29, 0.717) is 0 Å². The first-order valence-electron chi connectivity index (χ1n) is 9.26. The van der Waals surface area contributed by atoms with Crippen LogP contribution in [0, 0.1) is 6.92 Å². The largest absolute Gasteiger partial charge is 0.496 e. The molecular weight excluding hydrogens is 346 g/mol. The number of methoxy groups -OCH3 is 1. The van der Waals surface area contributed by atoms with Crippen LogP contribution < -0.4 is 15.4 Å². The number of aliphatic imine (C=N–C) groups is 1. The van der Waals surface area contributed by atoms with Gasteiger partial charge in [-0.25, -0.2) is 4.99 Å². The Hall–Kier alpha value is -3.53. The van der Waals surface area contributed by atoms with Gasteiger partial charge >= 0.3 is 0 Å². The monoisotopic (exact) mass is 369 g/mol. The predicted octanol–water partition coefficient (Wildman–Crippen LogP) is 5.14. The standard InChI is InChI=1S/C24H23N3O/c1-16-10-4-5-11-18(16)17(2)25-23-19-12-6-8-14-21(19)26-24(27-23)20-13-7-9-15-22(20)28-3/h4-15,24,26H,2H2,1,3H3,(H,25,27). The summed E-state index contributed by atoms with van der Waals surface area (Å²) in [6.07, 6.45) is -0.252. The molecule has 140 valence electrons. The first-order chi connectivity index (χ1) is 13.7. The SMILES string of the molecule is C=C(NC1=NC(c2ccccc2OC)Nc2ccccc21)c1ccccc1C. The molecule has 1 aliphatic heterocycles. The van der Waals surface area contributed by atoms with Gasteiger partial charge in [-0.3, -0.25) is 0 Å². The first kappa shape index (κ1) is 17.9. The summed E-state index contributed by atoms with van der Waals surface area (Å²) in [5.41, 5.74) is 6.10. The van der Waals surface area contributed by atoms with Crippen LogP contribution in [0.4, 0.5) is 5.69 Å². The number of benzene rings is 3. The maximum atomic E-state index is 5.54. The number of hydrogen-bond acceptors (Lipinski definition) is 4. The molecule has 1 unspecified atom stereocenters. The second-order valence-corrected chi connectivity index (χ2v) is 6.73. The Kier molecular flexibility index (Phi) is 4.85.